The first-order chi connectivity index (χ1) is 9.51. The van der Waals surface area contributed by atoms with E-state index in [1.165, 1.54) is 47.8 Å². The second kappa shape index (κ2) is 7.26. The fraction of sp³-hybridized carbons (Fsp3) is 0.667. The van der Waals surface area contributed by atoms with Crippen molar-refractivity contribution in [1.82, 2.24) is 5.32 Å². The molecule has 0 radical (unpaired) electrons. The van der Waals surface area contributed by atoms with Gasteiger partial charge < -0.3 is 5.32 Å². The van der Waals surface area contributed by atoms with Gasteiger partial charge in [0.1, 0.15) is 0 Å². The first kappa shape index (κ1) is 16.3. The van der Waals surface area contributed by atoms with Crippen LogP contribution in [0.4, 0.5) is 0 Å². The van der Waals surface area contributed by atoms with E-state index in [-0.39, 0.29) is 0 Å². The summed E-state index contributed by atoms with van der Waals surface area (Å²) in [4.78, 5) is 0. The monoisotopic (exact) mass is 385 g/mol. The Labute approximate surface area is 138 Å². The Morgan fingerprint density at radius 3 is 2.25 bits per heavy atom. The molecule has 2 rings (SSSR count). The van der Waals surface area contributed by atoms with E-state index in [1.807, 2.05) is 0 Å². The molecule has 1 nitrogen and oxygen atoms in total. The van der Waals surface area contributed by atoms with E-state index in [9.17, 15) is 0 Å². The summed E-state index contributed by atoms with van der Waals surface area (Å²) in [6.07, 6.45) is 7.05. The van der Waals surface area contributed by atoms with Crippen molar-refractivity contribution in [3.63, 3.8) is 0 Å². The zero-order valence-corrected chi connectivity index (χ0v) is 15.2. The maximum Gasteiger partial charge on any atom is 0.0292 e. The molecule has 0 saturated heterocycles. The predicted molar refractivity (Wildman–Crippen MR) is 95.9 cm³/mol. The van der Waals surface area contributed by atoms with E-state index in [2.05, 4.69) is 72.9 Å². The summed E-state index contributed by atoms with van der Waals surface area (Å²) in [6.45, 7) is 8.20. The van der Waals surface area contributed by atoms with Crippen LogP contribution in [0.25, 0.3) is 0 Å². The van der Waals surface area contributed by atoms with Crippen molar-refractivity contribution >= 4 is 22.6 Å². The highest BCUT2D eigenvalue weighted by Crippen LogP contribution is 2.42. The first-order valence-electron chi connectivity index (χ1n) is 8.00. The third kappa shape index (κ3) is 4.45. The molecule has 1 aliphatic carbocycles. The molecule has 1 atom stereocenters. The highest BCUT2D eigenvalue weighted by Gasteiger charge is 2.34. The van der Waals surface area contributed by atoms with Gasteiger partial charge in [0.25, 0.3) is 0 Å². The minimum Gasteiger partial charge on any atom is -0.310 e. The van der Waals surface area contributed by atoms with Crippen LogP contribution in [0.1, 0.15) is 64.5 Å². The van der Waals surface area contributed by atoms with Crippen LogP contribution in [0, 0.1) is 14.9 Å². The van der Waals surface area contributed by atoms with Crippen molar-refractivity contribution in [2.75, 3.05) is 6.54 Å². The van der Waals surface area contributed by atoms with E-state index in [1.54, 1.807) is 0 Å². The van der Waals surface area contributed by atoms with E-state index >= 15 is 0 Å². The Morgan fingerprint density at radius 1 is 1.10 bits per heavy atom. The summed E-state index contributed by atoms with van der Waals surface area (Å²) in [7, 11) is 0. The highest BCUT2D eigenvalue weighted by atomic mass is 127. The van der Waals surface area contributed by atoms with Crippen molar-refractivity contribution in [1.29, 1.82) is 0 Å². The van der Waals surface area contributed by atoms with Gasteiger partial charge >= 0.3 is 0 Å². The minimum absolute atomic E-state index is 0.455. The molecular weight excluding hydrogens is 357 g/mol. The molecule has 2 heteroatoms. The Kier molecular flexibility index (Phi) is 5.91. The van der Waals surface area contributed by atoms with Crippen molar-refractivity contribution in [2.45, 2.75) is 58.9 Å². The van der Waals surface area contributed by atoms with Gasteiger partial charge in [-0.25, -0.2) is 0 Å². The maximum absolute atomic E-state index is 3.80. The smallest absolute Gasteiger partial charge is 0.0292 e. The quantitative estimate of drug-likeness (QED) is 0.634. The van der Waals surface area contributed by atoms with E-state index in [0.29, 0.717) is 11.5 Å². The Bertz CT molecular complexity index is 404. The number of hydrogen-bond acceptors (Lipinski definition) is 1. The van der Waals surface area contributed by atoms with Gasteiger partial charge in [-0.3, -0.25) is 0 Å². The molecule has 1 aromatic rings. The van der Waals surface area contributed by atoms with Crippen molar-refractivity contribution in [3.05, 3.63) is 33.4 Å². The molecule has 0 heterocycles. The molecule has 0 bridgehead atoms. The van der Waals surface area contributed by atoms with Gasteiger partial charge in [0.05, 0.1) is 0 Å². The van der Waals surface area contributed by atoms with Crippen molar-refractivity contribution in [2.24, 2.45) is 11.3 Å². The maximum atomic E-state index is 3.80. The van der Waals surface area contributed by atoms with E-state index in [4.69, 9.17) is 0 Å². The molecule has 1 saturated carbocycles. The lowest BCUT2D eigenvalue weighted by Crippen LogP contribution is -2.34. The number of benzene rings is 1. The van der Waals surface area contributed by atoms with Gasteiger partial charge in [0.15, 0.2) is 0 Å². The van der Waals surface area contributed by atoms with Crippen molar-refractivity contribution in [3.8, 4) is 0 Å². The number of hydrogen-bond donors (Lipinski definition) is 1. The Hall–Kier alpha value is -0.0900. The van der Waals surface area contributed by atoms with Gasteiger partial charge in [-0.2, -0.15) is 0 Å². The molecule has 1 aliphatic rings. The van der Waals surface area contributed by atoms with Crippen LogP contribution < -0.4 is 5.32 Å². The van der Waals surface area contributed by atoms with Crippen LogP contribution >= 0.6 is 22.6 Å². The van der Waals surface area contributed by atoms with Crippen LogP contribution in [0.2, 0.25) is 0 Å². The number of nitrogens with one attached hydrogen (secondary N) is 1. The fourth-order valence-electron chi connectivity index (χ4n) is 3.68. The molecule has 1 fully saturated rings. The largest absolute Gasteiger partial charge is 0.310 e. The van der Waals surface area contributed by atoms with Gasteiger partial charge in [0, 0.05) is 16.2 Å². The van der Waals surface area contributed by atoms with Crippen LogP contribution in [-0.2, 0) is 0 Å². The highest BCUT2D eigenvalue weighted by molar-refractivity contribution is 14.1. The molecule has 1 N–H and O–H groups in total. The van der Waals surface area contributed by atoms with Gasteiger partial charge in [-0.1, -0.05) is 38.8 Å². The first-order valence-corrected chi connectivity index (χ1v) is 9.07. The molecule has 112 valence electrons. The zero-order chi connectivity index (χ0) is 14.6. The average molecular weight is 385 g/mol. The third-order valence-electron chi connectivity index (χ3n) is 4.66. The molecule has 0 aliphatic heterocycles. The Morgan fingerprint density at radius 2 is 1.70 bits per heavy atom. The Balaban J connectivity index is 1.93. The average Bonchev–Trinajstić information content (AvgIpc) is 2.85. The summed E-state index contributed by atoms with van der Waals surface area (Å²) in [5.41, 5.74) is 1.97. The predicted octanol–water partition coefficient (Wildman–Crippen LogP) is 5.55. The van der Waals surface area contributed by atoms with E-state index < -0.39 is 0 Å². The zero-order valence-electron chi connectivity index (χ0n) is 13.1. The summed E-state index contributed by atoms with van der Waals surface area (Å²) in [5, 5.41) is 3.80. The van der Waals surface area contributed by atoms with Gasteiger partial charge in [-0.15, -0.1) is 0 Å². The normalized spacial score (nSPS) is 19.4. The third-order valence-corrected chi connectivity index (χ3v) is 5.38. The summed E-state index contributed by atoms with van der Waals surface area (Å²) in [5.74, 6) is 0.809. The topological polar surface area (TPSA) is 12.0 Å². The second-order valence-electron chi connectivity index (χ2n) is 6.96. The summed E-state index contributed by atoms with van der Waals surface area (Å²) in [6, 6.07) is 9.37. The molecule has 0 aromatic heterocycles. The van der Waals surface area contributed by atoms with Crippen LogP contribution in [0.5, 0.6) is 0 Å². The lowest BCUT2D eigenvalue weighted by Gasteiger charge is -2.33. The lowest BCUT2D eigenvalue weighted by molar-refractivity contribution is 0.217. The van der Waals surface area contributed by atoms with Gasteiger partial charge in [0.2, 0.25) is 0 Å². The van der Waals surface area contributed by atoms with Gasteiger partial charge in [-0.05, 0) is 77.8 Å². The van der Waals surface area contributed by atoms with E-state index in [0.717, 1.165) is 5.92 Å². The standard InChI is InChI=1S/C18H28IN/c1-14(2)12-18(10-4-5-11-18)13-20-15(3)16-6-8-17(19)9-7-16/h6-9,14-15,20H,4-5,10-13H2,1-3H3. The fourth-order valence-corrected chi connectivity index (χ4v) is 4.04. The van der Waals surface area contributed by atoms with Crippen LogP contribution in [0.3, 0.4) is 0 Å². The number of rotatable bonds is 6. The summed E-state index contributed by atoms with van der Waals surface area (Å²) < 4.78 is 1.31. The molecule has 0 amide bonds. The molecule has 1 unspecified atom stereocenters. The molecular formula is C18H28IN. The van der Waals surface area contributed by atoms with Crippen LogP contribution in [-0.4, -0.2) is 6.54 Å². The SMILES string of the molecule is CC(C)CC1(CNC(C)c2ccc(I)cc2)CCCC1. The molecule has 20 heavy (non-hydrogen) atoms. The minimum atomic E-state index is 0.455. The van der Waals surface area contributed by atoms with Crippen LogP contribution in [0.15, 0.2) is 24.3 Å². The number of halogens is 1. The summed E-state index contributed by atoms with van der Waals surface area (Å²) >= 11 is 2.37. The van der Waals surface area contributed by atoms with Crippen molar-refractivity contribution < 1.29 is 0 Å². The lowest BCUT2D eigenvalue weighted by atomic mass is 9.78. The molecule has 1 aromatic carbocycles. The second-order valence-corrected chi connectivity index (χ2v) is 8.20. The molecule has 0 spiro atoms.